The minimum Gasteiger partial charge on any atom is -0.345 e. The van der Waals surface area contributed by atoms with Crippen LogP contribution >= 0.6 is 0 Å². The second-order valence-electron chi connectivity index (χ2n) is 7.80. The molecule has 1 saturated heterocycles. The summed E-state index contributed by atoms with van der Waals surface area (Å²) in [5, 5.41) is 1.94. The minimum atomic E-state index is -3.53. The molecule has 2 aromatic rings. The normalized spacial score (nSPS) is 16.7. The molecule has 0 bridgehead atoms. The zero-order valence-electron chi connectivity index (χ0n) is 16.3. The summed E-state index contributed by atoms with van der Waals surface area (Å²) in [6, 6.07) is 13.0. The lowest BCUT2D eigenvalue weighted by Crippen LogP contribution is -2.44. The number of amides is 1. The third-order valence-electron chi connectivity index (χ3n) is 5.18. The molecule has 5 nitrogen and oxygen atoms in total. The van der Waals surface area contributed by atoms with Gasteiger partial charge >= 0.3 is 0 Å². The van der Waals surface area contributed by atoms with Crippen LogP contribution < -0.4 is 0 Å². The van der Waals surface area contributed by atoms with Gasteiger partial charge in [0, 0.05) is 32.6 Å². The van der Waals surface area contributed by atoms with Crippen molar-refractivity contribution in [2.45, 2.75) is 31.6 Å². The number of fused-ring (bicyclic) bond motifs is 1. The highest BCUT2D eigenvalue weighted by Crippen LogP contribution is 2.27. The van der Waals surface area contributed by atoms with Crippen molar-refractivity contribution in [3.63, 3.8) is 0 Å². The molecular formula is C21H28N2O3S. The van der Waals surface area contributed by atoms with Crippen molar-refractivity contribution >= 4 is 26.7 Å². The third kappa shape index (κ3) is 4.33. The smallest absolute Gasteiger partial charge is 0.243 e. The van der Waals surface area contributed by atoms with Crippen LogP contribution in [-0.2, 0) is 14.8 Å². The number of piperidine rings is 1. The van der Waals surface area contributed by atoms with Crippen LogP contribution in [0.1, 0.15) is 26.7 Å². The number of carbonyl (C=O) groups excluding carboxylic acids is 1. The topological polar surface area (TPSA) is 57.7 Å². The fourth-order valence-electron chi connectivity index (χ4n) is 3.77. The number of carbonyl (C=O) groups is 1. The number of rotatable bonds is 5. The lowest BCUT2D eigenvalue weighted by atomic mass is 9.96. The molecule has 27 heavy (non-hydrogen) atoms. The fourth-order valence-corrected chi connectivity index (χ4v) is 5.27. The zero-order chi connectivity index (χ0) is 19.6. The summed E-state index contributed by atoms with van der Waals surface area (Å²) in [6.07, 6.45) is 1.15. The highest BCUT2D eigenvalue weighted by molar-refractivity contribution is 7.89. The van der Waals surface area contributed by atoms with Crippen molar-refractivity contribution < 1.29 is 13.2 Å². The van der Waals surface area contributed by atoms with Gasteiger partial charge < -0.3 is 4.90 Å². The first-order valence-electron chi connectivity index (χ1n) is 9.53. The predicted molar refractivity (Wildman–Crippen MR) is 108 cm³/mol. The summed E-state index contributed by atoms with van der Waals surface area (Å²) >= 11 is 0. The van der Waals surface area contributed by atoms with Gasteiger partial charge in [-0.2, -0.15) is 4.31 Å². The number of nitrogens with zero attached hydrogens (tertiary/aromatic N) is 2. The minimum absolute atomic E-state index is 0.0863. The van der Waals surface area contributed by atoms with E-state index in [2.05, 4.69) is 13.8 Å². The van der Waals surface area contributed by atoms with E-state index in [1.54, 1.807) is 17.0 Å². The highest BCUT2D eigenvalue weighted by Gasteiger charge is 2.33. The molecule has 146 valence electrons. The third-order valence-corrected chi connectivity index (χ3v) is 7.07. The lowest BCUT2D eigenvalue weighted by Gasteiger charge is -2.33. The lowest BCUT2D eigenvalue weighted by molar-refractivity contribution is -0.135. The maximum absolute atomic E-state index is 13.0. The van der Waals surface area contributed by atoms with E-state index in [9.17, 15) is 13.2 Å². The number of benzene rings is 2. The Morgan fingerprint density at radius 1 is 1.11 bits per heavy atom. The Hall–Kier alpha value is -1.92. The van der Waals surface area contributed by atoms with E-state index in [1.807, 2.05) is 37.4 Å². The molecule has 0 radical (unpaired) electrons. The number of sulfonamides is 1. The first-order chi connectivity index (χ1) is 12.8. The Bertz CT molecular complexity index is 916. The molecule has 0 spiro atoms. The Balaban J connectivity index is 1.69. The molecule has 0 unspecified atom stereocenters. The van der Waals surface area contributed by atoms with Crippen LogP contribution in [0, 0.1) is 11.8 Å². The van der Waals surface area contributed by atoms with Crippen molar-refractivity contribution in [3.8, 4) is 0 Å². The molecule has 1 heterocycles. The summed E-state index contributed by atoms with van der Waals surface area (Å²) in [6.45, 7) is 5.68. The van der Waals surface area contributed by atoms with E-state index < -0.39 is 10.0 Å². The van der Waals surface area contributed by atoms with Crippen LogP contribution in [0.2, 0.25) is 0 Å². The molecule has 1 amide bonds. The molecule has 1 fully saturated rings. The van der Waals surface area contributed by atoms with Crippen LogP contribution in [0.15, 0.2) is 47.4 Å². The van der Waals surface area contributed by atoms with Crippen molar-refractivity contribution in [1.82, 2.24) is 9.21 Å². The van der Waals surface area contributed by atoms with Crippen molar-refractivity contribution in [2.24, 2.45) is 11.8 Å². The summed E-state index contributed by atoms with van der Waals surface area (Å²) < 4.78 is 27.6. The van der Waals surface area contributed by atoms with Crippen LogP contribution in [0.3, 0.4) is 0 Å². The molecule has 1 aliphatic heterocycles. The van der Waals surface area contributed by atoms with Gasteiger partial charge in [0.2, 0.25) is 15.9 Å². The average molecular weight is 389 g/mol. The molecular weight excluding hydrogens is 360 g/mol. The van der Waals surface area contributed by atoms with Crippen molar-refractivity contribution in [2.75, 3.05) is 26.7 Å². The molecule has 0 aliphatic carbocycles. The van der Waals surface area contributed by atoms with Gasteiger partial charge in [-0.1, -0.05) is 44.2 Å². The second-order valence-corrected chi connectivity index (χ2v) is 9.74. The predicted octanol–water partition coefficient (Wildman–Crippen LogP) is 3.35. The van der Waals surface area contributed by atoms with Gasteiger partial charge in [0.1, 0.15) is 0 Å². The molecule has 3 rings (SSSR count). The molecule has 6 heteroatoms. The largest absolute Gasteiger partial charge is 0.345 e. The van der Waals surface area contributed by atoms with Gasteiger partial charge in [-0.05, 0) is 41.7 Å². The van der Waals surface area contributed by atoms with E-state index in [0.717, 1.165) is 17.3 Å². The molecule has 0 aromatic heterocycles. The number of hydrogen-bond donors (Lipinski definition) is 0. The molecule has 2 aromatic carbocycles. The van der Waals surface area contributed by atoms with Gasteiger partial charge in [-0.15, -0.1) is 0 Å². The van der Waals surface area contributed by atoms with E-state index >= 15 is 0 Å². The van der Waals surface area contributed by atoms with E-state index in [1.165, 1.54) is 4.31 Å². The van der Waals surface area contributed by atoms with Gasteiger partial charge in [-0.25, -0.2) is 8.42 Å². The van der Waals surface area contributed by atoms with Crippen LogP contribution in [0.25, 0.3) is 10.8 Å². The Morgan fingerprint density at radius 2 is 1.74 bits per heavy atom. The van der Waals surface area contributed by atoms with Crippen molar-refractivity contribution in [3.05, 3.63) is 42.5 Å². The van der Waals surface area contributed by atoms with E-state index in [4.69, 9.17) is 0 Å². The Kier molecular flexibility index (Phi) is 5.86. The van der Waals surface area contributed by atoms with Gasteiger partial charge in [0.25, 0.3) is 0 Å². The monoisotopic (exact) mass is 388 g/mol. The standard InChI is InChI=1S/C21H28N2O3S/c1-16(2)15-22(3)21(24)18-10-12-23(13-11-18)27(25,26)20-9-8-17-6-4-5-7-19(17)14-20/h4-9,14,16,18H,10-13,15H2,1-3H3. The van der Waals surface area contributed by atoms with E-state index in [0.29, 0.717) is 36.7 Å². The molecule has 0 atom stereocenters. The molecule has 0 N–H and O–H groups in total. The van der Waals surface area contributed by atoms with Gasteiger partial charge in [-0.3, -0.25) is 4.79 Å². The van der Waals surface area contributed by atoms with Crippen molar-refractivity contribution in [1.29, 1.82) is 0 Å². The highest BCUT2D eigenvalue weighted by atomic mass is 32.2. The maximum atomic E-state index is 13.0. The van der Waals surface area contributed by atoms with E-state index in [-0.39, 0.29) is 11.8 Å². The quantitative estimate of drug-likeness (QED) is 0.789. The maximum Gasteiger partial charge on any atom is 0.243 e. The van der Waals surface area contributed by atoms with Crippen LogP contribution in [-0.4, -0.2) is 50.2 Å². The summed E-state index contributed by atoms with van der Waals surface area (Å²) in [5.74, 6) is 0.468. The van der Waals surface area contributed by atoms with Gasteiger partial charge in [0.15, 0.2) is 0 Å². The van der Waals surface area contributed by atoms with Crippen LogP contribution in [0.4, 0.5) is 0 Å². The SMILES string of the molecule is CC(C)CN(C)C(=O)C1CCN(S(=O)(=O)c2ccc3ccccc3c2)CC1. The first kappa shape index (κ1) is 19.8. The Morgan fingerprint density at radius 3 is 2.37 bits per heavy atom. The number of hydrogen-bond acceptors (Lipinski definition) is 3. The van der Waals surface area contributed by atoms with Crippen LogP contribution in [0.5, 0.6) is 0 Å². The Labute approximate surface area is 162 Å². The fraction of sp³-hybridized carbons (Fsp3) is 0.476. The molecule has 1 aliphatic rings. The summed E-state index contributed by atoms with van der Waals surface area (Å²) in [5.41, 5.74) is 0. The summed E-state index contributed by atoms with van der Waals surface area (Å²) in [4.78, 5) is 14.7. The first-order valence-corrected chi connectivity index (χ1v) is 11.0. The average Bonchev–Trinajstić information content (AvgIpc) is 2.66. The zero-order valence-corrected chi connectivity index (χ0v) is 17.1. The molecule has 0 saturated carbocycles. The summed E-state index contributed by atoms with van der Waals surface area (Å²) in [7, 11) is -1.70. The van der Waals surface area contributed by atoms with Gasteiger partial charge in [0.05, 0.1) is 4.90 Å². The second kappa shape index (κ2) is 7.98.